The number of ether oxygens (including phenoxy) is 1. The molecule has 0 saturated heterocycles. The van der Waals surface area contributed by atoms with Gasteiger partial charge in [-0.25, -0.2) is 4.98 Å². The number of para-hydroxylation sites is 1. The van der Waals surface area contributed by atoms with Crippen molar-refractivity contribution in [1.82, 2.24) is 10.0 Å². The van der Waals surface area contributed by atoms with Crippen molar-refractivity contribution < 1.29 is 9.94 Å². The van der Waals surface area contributed by atoms with Gasteiger partial charge in [-0.05, 0) is 42.7 Å². The monoisotopic (exact) mass is 376 g/mol. The average Bonchev–Trinajstić information content (AvgIpc) is 3.00. The molecule has 28 heavy (non-hydrogen) atoms. The summed E-state index contributed by atoms with van der Waals surface area (Å²) in [6.45, 7) is 0.440. The van der Waals surface area contributed by atoms with Gasteiger partial charge in [0.05, 0.1) is 16.7 Å². The molecule has 1 heterocycles. The molecule has 2 aromatic carbocycles. The molecule has 1 fully saturated rings. The van der Waals surface area contributed by atoms with Gasteiger partial charge in [-0.3, -0.25) is 0 Å². The molecule has 3 aromatic rings. The van der Waals surface area contributed by atoms with Gasteiger partial charge < -0.3 is 9.94 Å². The fourth-order valence-corrected chi connectivity index (χ4v) is 4.32. The van der Waals surface area contributed by atoms with Crippen LogP contribution in [0.1, 0.15) is 49.8 Å². The van der Waals surface area contributed by atoms with Crippen LogP contribution in [0.3, 0.4) is 0 Å². The molecule has 1 aliphatic rings. The number of fused-ring (bicyclic) bond motifs is 1. The maximum atomic E-state index is 10.4. The van der Waals surface area contributed by atoms with Crippen molar-refractivity contribution in [2.45, 2.75) is 50.7 Å². The van der Waals surface area contributed by atoms with Crippen LogP contribution in [0.25, 0.3) is 10.9 Å². The fraction of sp³-hybridized carbons (Fsp3) is 0.375. The zero-order valence-electron chi connectivity index (χ0n) is 16.5. The first kappa shape index (κ1) is 18.9. The standard InChI is InChI=1S/C24H28N2O2/c1-26(27)24(16-6-2-3-7-17-24)20-11-14-22(15-12-20)28-18-21-13-10-19-8-4-5-9-23(19)25-21/h4-5,8-15,27H,2-3,6-7,16-18H2,1H3. The number of aromatic nitrogens is 1. The first-order valence-electron chi connectivity index (χ1n) is 10.2. The lowest BCUT2D eigenvalue weighted by Gasteiger charge is -2.38. The van der Waals surface area contributed by atoms with E-state index < -0.39 is 0 Å². The lowest BCUT2D eigenvalue weighted by molar-refractivity contribution is -0.163. The summed E-state index contributed by atoms with van der Waals surface area (Å²) in [7, 11) is 1.78. The number of hydrogen-bond donors (Lipinski definition) is 1. The third kappa shape index (κ3) is 3.89. The quantitative estimate of drug-likeness (QED) is 0.459. The molecule has 0 aliphatic heterocycles. The number of benzene rings is 2. The Morgan fingerprint density at radius 2 is 1.64 bits per heavy atom. The first-order valence-corrected chi connectivity index (χ1v) is 10.2. The Bertz CT molecular complexity index is 913. The number of hydroxylamine groups is 2. The van der Waals surface area contributed by atoms with Gasteiger partial charge in [-0.2, -0.15) is 5.06 Å². The lowest BCUT2D eigenvalue weighted by Crippen LogP contribution is -2.41. The Morgan fingerprint density at radius 1 is 0.929 bits per heavy atom. The van der Waals surface area contributed by atoms with Gasteiger partial charge in [0, 0.05) is 12.4 Å². The molecule has 0 spiro atoms. The van der Waals surface area contributed by atoms with Gasteiger partial charge in [0.25, 0.3) is 0 Å². The van der Waals surface area contributed by atoms with E-state index in [1.165, 1.54) is 17.9 Å². The second-order valence-corrected chi connectivity index (χ2v) is 7.78. The van der Waals surface area contributed by atoms with Crippen LogP contribution in [0.15, 0.2) is 60.7 Å². The lowest BCUT2D eigenvalue weighted by atomic mass is 9.82. The molecule has 4 rings (SSSR count). The number of nitrogens with zero attached hydrogens (tertiary/aromatic N) is 2. The summed E-state index contributed by atoms with van der Waals surface area (Å²) in [5, 5.41) is 13.0. The van der Waals surface area contributed by atoms with Crippen LogP contribution in [-0.2, 0) is 12.1 Å². The summed E-state index contributed by atoms with van der Waals surface area (Å²) < 4.78 is 5.96. The smallest absolute Gasteiger partial charge is 0.130 e. The van der Waals surface area contributed by atoms with Crippen LogP contribution < -0.4 is 4.74 Å². The van der Waals surface area contributed by atoms with E-state index in [1.807, 2.05) is 36.4 Å². The third-order valence-electron chi connectivity index (χ3n) is 5.98. The topological polar surface area (TPSA) is 45.6 Å². The highest BCUT2D eigenvalue weighted by atomic mass is 16.5. The Hall–Kier alpha value is -2.43. The second kappa shape index (κ2) is 8.29. The molecule has 0 amide bonds. The number of pyridine rings is 1. The van der Waals surface area contributed by atoms with Crippen molar-refractivity contribution in [3.63, 3.8) is 0 Å². The van der Waals surface area contributed by atoms with Crippen molar-refractivity contribution in [3.05, 3.63) is 71.9 Å². The van der Waals surface area contributed by atoms with Crippen molar-refractivity contribution in [2.75, 3.05) is 7.05 Å². The van der Waals surface area contributed by atoms with Crippen LogP contribution in [0.4, 0.5) is 0 Å². The molecular weight excluding hydrogens is 348 g/mol. The summed E-state index contributed by atoms with van der Waals surface area (Å²) in [5.41, 5.74) is 2.78. The van der Waals surface area contributed by atoms with E-state index in [0.29, 0.717) is 6.61 Å². The van der Waals surface area contributed by atoms with Crippen molar-refractivity contribution >= 4 is 10.9 Å². The minimum absolute atomic E-state index is 0.283. The average molecular weight is 377 g/mol. The normalized spacial score (nSPS) is 16.8. The Labute approximate surface area is 166 Å². The van der Waals surface area contributed by atoms with Crippen LogP contribution in [0.2, 0.25) is 0 Å². The van der Waals surface area contributed by atoms with Crippen LogP contribution in [0.5, 0.6) is 5.75 Å². The largest absolute Gasteiger partial charge is 0.487 e. The zero-order valence-corrected chi connectivity index (χ0v) is 16.5. The molecule has 1 saturated carbocycles. The van der Waals surface area contributed by atoms with Gasteiger partial charge in [-0.15, -0.1) is 0 Å². The maximum Gasteiger partial charge on any atom is 0.130 e. The van der Waals surface area contributed by atoms with Gasteiger partial charge in [0.15, 0.2) is 0 Å². The number of rotatable bonds is 5. The maximum absolute atomic E-state index is 10.4. The van der Waals surface area contributed by atoms with Crippen LogP contribution >= 0.6 is 0 Å². The molecule has 0 atom stereocenters. The summed E-state index contributed by atoms with van der Waals surface area (Å²) >= 11 is 0. The highest BCUT2D eigenvalue weighted by molar-refractivity contribution is 5.78. The Kier molecular flexibility index (Phi) is 5.60. The van der Waals surface area contributed by atoms with E-state index in [-0.39, 0.29) is 5.54 Å². The molecule has 146 valence electrons. The molecule has 4 heteroatoms. The Morgan fingerprint density at radius 3 is 2.36 bits per heavy atom. The van der Waals surface area contributed by atoms with Crippen molar-refractivity contribution in [2.24, 2.45) is 0 Å². The van der Waals surface area contributed by atoms with E-state index in [1.54, 1.807) is 7.05 Å². The van der Waals surface area contributed by atoms with Gasteiger partial charge in [-0.1, -0.05) is 62.1 Å². The highest BCUT2D eigenvalue weighted by Crippen LogP contribution is 2.40. The predicted molar refractivity (Wildman–Crippen MR) is 111 cm³/mol. The molecule has 0 bridgehead atoms. The van der Waals surface area contributed by atoms with Crippen LogP contribution in [-0.4, -0.2) is 22.3 Å². The molecule has 1 N–H and O–H groups in total. The summed E-state index contributed by atoms with van der Waals surface area (Å²) in [5.74, 6) is 0.822. The molecule has 0 unspecified atom stereocenters. The van der Waals surface area contributed by atoms with Crippen LogP contribution in [0, 0.1) is 0 Å². The fourth-order valence-electron chi connectivity index (χ4n) is 4.32. The van der Waals surface area contributed by atoms with E-state index in [4.69, 9.17) is 4.74 Å². The van der Waals surface area contributed by atoms with E-state index in [2.05, 4.69) is 29.2 Å². The zero-order chi connectivity index (χ0) is 19.4. The number of hydrogen-bond acceptors (Lipinski definition) is 4. The molecule has 0 radical (unpaired) electrons. The third-order valence-corrected chi connectivity index (χ3v) is 5.98. The van der Waals surface area contributed by atoms with Gasteiger partial charge in [0.2, 0.25) is 0 Å². The van der Waals surface area contributed by atoms with Gasteiger partial charge >= 0.3 is 0 Å². The van der Waals surface area contributed by atoms with E-state index >= 15 is 0 Å². The SMILES string of the molecule is CN(O)C1(c2ccc(OCc3ccc4ccccc4n3)cc2)CCCCCC1. The second-order valence-electron chi connectivity index (χ2n) is 7.78. The molecule has 1 aromatic heterocycles. The van der Waals surface area contributed by atoms with E-state index in [9.17, 15) is 5.21 Å². The molecule has 1 aliphatic carbocycles. The van der Waals surface area contributed by atoms with Crippen molar-refractivity contribution in [1.29, 1.82) is 0 Å². The molecular formula is C24H28N2O2. The van der Waals surface area contributed by atoms with E-state index in [0.717, 1.165) is 53.6 Å². The molecule has 4 nitrogen and oxygen atoms in total. The summed E-state index contributed by atoms with van der Waals surface area (Å²) in [6.07, 6.45) is 6.76. The predicted octanol–water partition coefficient (Wildman–Crippen LogP) is 5.68. The minimum Gasteiger partial charge on any atom is -0.487 e. The van der Waals surface area contributed by atoms with Gasteiger partial charge in [0.1, 0.15) is 12.4 Å². The van der Waals surface area contributed by atoms with Crippen molar-refractivity contribution in [3.8, 4) is 5.75 Å². The summed E-state index contributed by atoms with van der Waals surface area (Å²) in [6, 6.07) is 20.4. The summed E-state index contributed by atoms with van der Waals surface area (Å²) in [4.78, 5) is 4.66. The highest BCUT2D eigenvalue weighted by Gasteiger charge is 2.36. The Balaban J connectivity index is 1.47. The minimum atomic E-state index is -0.283. The first-order chi connectivity index (χ1) is 13.7.